The molecule has 4 aromatic carbocycles. The van der Waals surface area contributed by atoms with Crippen molar-refractivity contribution in [1.29, 1.82) is 0 Å². The summed E-state index contributed by atoms with van der Waals surface area (Å²) in [7, 11) is 0. The molecule has 6 aromatic rings. The highest BCUT2D eigenvalue weighted by Crippen LogP contribution is 2.38. The molecule has 2 heterocycles. The van der Waals surface area contributed by atoms with Gasteiger partial charge < -0.3 is 0 Å². The van der Waals surface area contributed by atoms with Crippen LogP contribution in [0.5, 0.6) is 0 Å². The molecule has 0 radical (unpaired) electrons. The van der Waals surface area contributed by atoms with Crippen LogP contribution >= 0.6 is 0 Å². The number of hydrogen-bond donors (Lipinski definition) is 0. The molecule has 0 atom stereocenters. The molecule has 0 aliphatic rings. The number of aromatic nitrogens is 1. The van der Waals surface area contributed by atoms with E-state index in [0.29, 0.717) is 0 Å². The Kier molecular flexibility index (Phi) is 4.07. The molecular weight excluding hydrogens is 374 g/mol. The van der Waals surface area contributed by atoms with Crippen molar-refractivity contribution < 1.29 is 4.40 Å². The fourth-order valence-electron chi connectivity index (χ4n) is 4.75. The van der Waals surface area contributed by atoms with Crippen LogP contribution in [0.25, 0.3) is 49.6 Å². The highest BCUT2D eigenvalue weighted by atomic mass is 14.9. The first-order chi connectivity index (χ1) is 15.3. The van der Waals surface area contributed by atoms with E-state index in [-0.39, 0.29) is 0 Å². The Bertz CT molecular complexity index is 1570. The second-order valence-corrected chi connectivity index (χ2v) is 8.12. The highest BCUT2D eigenvalue weighted by Gasteiger charge is 2.26. The van der Waals surface area contributed by atoms with Crippen LogP contribution in [0.2, 0.25) is 0 Å². The van der Waals surface area contributed by atoms with Crippen LogP contribution in [0.4, 0.5) is 0 Å². The molecule has 0 fully saturated rings. The largest absolute Gasteiger partial charge is 0.227 e. The number of rotatable bonds is 2. The van der Waals surface area contributed by atoms with Gasteiger partial charge in [0.15, 0.2) is 0 Å². The van der Waals surface area contributed by atoms with Crippen molar-refractivity contribution in [2.24, 2.45) is 0 Å². The van der Waals surface area contributed by atoms with Crippen LogP contribution in [0, 0.1) is 6.92 Å². The predicted octanol–water partition coefficient (Wildman–Crippen LogP) is 7.37. The van der Waals surface area contributed by atoms with Crippen molar-refractivity contribution in [2.75, 3.05) is 0 Å². The van der Waals surface area contributed by atoms with Gasteiger partial charge in [-0.3, -0.25) is 0 Å². The summed E-state index contributed by atoms with van der Waals surface area (Å²) < 4.78 is 2.45. The van der Waals surface area contributed by atoms with Crippen LogP contribution < -0.4 is 4.40 Å². The molecule has 146 valence electrons. The molecule has 31 heavy (non-hydrogen) atoms. The smallest absolute Gasteiger partial charge is 0.152 e. The number of fused-ring (bicyclic) bond motifs is 5. The molecule has 0 saturated carbocycles. The maximum Gasteiger partial charge on any atom is 0.227 e. The molecule has 0 amide bonds. The molecule has 0 spiro atoms. The van der Waals surface area contributed by atoms with Crippen molar-refractivity contribution in [3.8, 4) is 22.4 Å². The Balaban J connectivity index is 1.96. The number of nitrogens with zero attached hydrogens (tertiary/aromatic N) is 1. The lowest BCUT2D eigenvalue weighted by Crippen LogP contribution is -2.27. The third kappa shape index (κ3) is 2.82. The minimum atomic E-state index is 1.22. The molecule has 0 saturated heterocycles. The SMILES string of the molecule is Cc1ccc2c(c1)c(-c1ccccc1)c(-c1ccccc1)[n+]1c3ccccc3ccc21. The molecule has 0 unspecified atom stereocenters. The average Bonchev–Trinajstić information content (AvgIpc) is 2.83. The molecule has 1 nitrogen and oxygen atoms in total. The average molecular weight is 397 g/mol. The first-order valence-corrected chi connectivity index (χ1v) is 10.7. The van der Waals surface area contributed by atoms with Gasteiger partial charge in [-0.2, -0.15) is 4.40 Å². The van der Waals surface area contributed by atoms with Crippen molar-refractivity contribution >= 4 is 27.2 Å². The van der Waals surface area contributed by atoms with Gasteiger partial charge in [0.05, 0.1) is 10.9 Å². The minimum Gasteiger partial charge on any atom is -0.152 e. The quantitative estimate of drug-likeness (QED) is 0.212. The van der Waals surface area contributed by atoms with E-state index in [0.717, 1.165) is 0 Å². The normalized spacial score (nSPS) is 11.4. The molecule has 6 rings (SSSR count). The summed E-state index contributed by atoms with van der Waals surface area (Å²) in [6.07, 6.45) is 0. The van der Waals surface area contributed by atoms with Gasteiger partial charge in [-0.05, 0) is 42.8 Å². The van der Waals surface area contributed by atoms with E-state index in [1.54, 1.807) is 0 Å². The Morgan fingerprint density at radius 2 is 1.19 bits per heavy atom. The molecular formula is C30H22N+. The van der Waals surface area contributed by atoms with Crippen molar-refractivity contribution in [3.05, 3.63) is 121 Å². The third-order valence-corrected chi connectivity index (χ3v) is 6.13. The lowest BCUT2D eigenvalue weighted by atomic mass is 9.91. The number of hydrogen-bond acceptors (Lipinski definition) is 0. The molecule has 0 aliphatic heterocycles. The zero-order valence-corrected chi connectivity index (χ0v) is 17.4. The second-order valence-electron chi connectivity index (χ2n) is 8.12. The van der Waals surface area contributed by atoms with Gasteiger partial charge in [0, 0.05) is 28.5 Å². The fourth-order valence-corrected chi connectivity index (χ4v) is 4.75. The van der Waals surface area contributed by atoms with E-state index < -0.39 is 0 Å². The Morgan fingerprint density at radius 1 is 0.516 bits per heavy atom. The Labute approximate surface area is 181 Å². The zero-order chi connectivity index (χ0) is 20.8. The van der Waals surface area contributed by atoms with Crippen LogP contribution in [-0.2, 0) is 0 Å². The lowest BCUT2D eigenvalue weighted by Gasteiger charge is -2.14. The highest BCUT2D eigenvalue weighted by molar-refractivity contribution is 6.08. The monoisotopic (exact) mass is 396 g/mol. The minimum absolute atomic E-state index is 1.22. The summed E-state index contributed by atoms with van der Waals surface area (Å²) in [5, 5.41) is 3.80. The Morgan fingerprint density at radius 3 is 1.97 bits per heavy atom. The second kappa shape index (κ2) is 7.07. The van der Waals surface area contributed by atoms with Gasteiger partial charge in [0.25, 0.3) is 0 Å². The van der Waals surface area contributed by atoms with E-state index in [9.17, 15) is 0 Å². The van der Waals surface area contributed by atoms with Crippen molar-refractivity contribution in [2.45, 2.75) is 6.92 Å². The van der Waals surface area contributed by atoms with Gasteiger partial charge in [-0.1, -0.05) is 78.4 Å². The molecule has 0 N–H and O–H groups in total. The van der Waals surface area contributed by atoms with Gasteiger partial charge in [0.2, 0.25) is 16.7 Å². The number of para-hydroxylation sites is 1. The van der Waals surface area contributed by atoms with Gasteiger partial charge >= 0.3 is 0 Å². The van der Waals surface area contributed by atoms with Gasteiger partial charge in [-0.15, -0.1) is 0 Å². The molecule has 0 bridgehead atoms. The van der Waals surface area contributed by atoms with Gasteiger partial charge in [-0.25, -0.2) is 0 Å². The van der Waals surface area contributed by atoms with E-state index in [1.165, 1.54) is 55.1 Å². The zero-order valence-electron chi connectivity index (χ0n) is 17.4. The maximum atomic E-state index is 2.45. The summed E-state index contributed by atoms with van der Waals surface area (Å²) in [6.45, 7) is 2.17. The van der Waals surface area contributed by atoms with E-state index in [4.69, 9.17) is 0 Å². The molecule has 2 aromatic heterocycles. The van der Waals surface area contributed by atoms with Crippen molar-refractivity contribution in [1.82, 2.24) is 0 Å². The standard InChI is InChI=1S/C30H22N/c1-21-16-18-25-26(20-21)29(23-11-4-2-5-12-23)30(24-13-6-3-7-14-24)31-27-15-9-8-10-22(27)17-19-28(25)31/h2-20H,1H3/q+1. The van der Waals surface area contributed by atoms with Crippen LogP contribution in [0.15, 0.2) is 115 Å². The maximum absolute atomic E-state index is 2.45. The number of aryl methyl sites for hydroxylation is 1. The summed E-state index contributed by atoms with van der Waals surface area (Å²) in [6, 6.07) is 41.6. The van der Waals surface area contributed by atoms with E-state index in [2.05, 4.69) is 127 Å². The summed E-state index contributed by atoms with van der Waals surface area (Å²) in [5.74, 6) is 0. The number of benzene rings is 4. The fraction of sp³-hybridized carbons (Fsp3) is 0.0333. The Hall–Kier alpha value is -3.97. The molecule has 0 aliphatic carbocycles. The third-order valence-electron chi connectivity index (χ3n) is 6.13. The van der Waals surface area contributed by atoms with Crippen LogP contribution in [0.1, 0.15) is 5.56 Å². The summed E-state index contributed by atoms with van der Waals surface area (Å²) >= 11 is 0. The summed E-state index contributed by atoms with van der Waals surface area (Å²) in [5.41, 5.74) is 8.69. The lowest BCUT2D eigenvalue weighted by molar-refractivity contribution is -0.467. The van der Waals surface area contributed by atoms with E-state index in [1.807, 2.05) is 0 Å². The van der Waals surface area contributed by atoms with Crippen LogP contribution in [0.3, 0.4) is 0 Å². The first-order valence-electron chi connectivity index (χ1n) is 10.7. The number of pyridine rings is 2. The molecule has 1 heteroatoms. The summed E-state index contributed by atoms with van der Waals surface area (Å²) in [4.78, 5) is 0. The van der Waals surface area contributed by atoms with Crippen molar-refractivity contribution in [3.63, 3.8) is 0 Å². The topological polar surface area (TPSA) is 4.10 Å². The first kappa shape index (κ1) is 17.9. The van der Waals surface area contributed by atoms with Crippen LogP contribution in [-0.4, -0.2) is 0 Å². The van der Waals surface area contributed by atoms with Gasteiger partial charge in [0.1, 0.15) is 0 Å². The predicted molar refractivity (Wildman–Crippen MR) is 130 cm³/mol. The van der Waals surface area contributed by atoms with E-state index >= 15 is 0 Å².